The van der Waals surface area contributed by atoms with Gasteiger partial charge in [-0.2, -0.15) is 8.78 Å². The van der Waals surface area contributed by atoms with E-state index in [9.17, 15) is 18.7 Å². The maximum absolute atomic E-state index is 12.3. The van der Waals surface area contributed by atoms with Crippen molar-refractivity contribution in [1.82, 2.24) is 4.98 Å². The number of alkyl halides is 2. The van der Waals surface area contributed by atoms with Gasteiger partial charge in [-0.05, 0) is 18.2 Å². The van der Waals surface area contributed by atoms with E-state index in [0.29, 0.717) is 16.8 Å². The number of carbonyl (C=O) groups is 1. The lowest BCUT2D eigenvalue weighted by Gasteiger charge is -2.08. The molecule has 1 heterocycles. The first-order valence-electron chi connectivity index (χ1n) is 6.67. The number of para-hydroxylation sites is 1. The molecule has 0 unspecified atom stereocenters. The van der Waals surface area contributed by atoms with Gasteiger partial charge in [0.2, 0.25) is 5.91 Å². The van der Waals surface area contributed by atoms with Crippen molar-refractivity contribution in [2.24, 2.45) is 0 Å². The normalized spacial score (nSPS) is 11.0. The Morgan fingerprint density at radius 3 is 2.87 bits per heavy atom. The number of nitrogens with one attached hydrogen (secondary N) is 1. The molecule has 0 saturated heterocycles. The number of benzene rings is 1. The third-order valence-electron chi connectivity index (χ3n) is 2.89. The van der Waals surface area contributed by atoms with Crippen molar-refractivity contribution < 1.29 is 23.4 Å². The van der Waals surface area contributed by atoms with Crippen LogP contribution in [-0.2, 0) is 11.4 Å². The Labute approximate surface area is 131 Å². The van der Waals surface area contributed by atoms with E-state index in [2.05, 4.69) is 15.0 Å². The lowest BCUT2D eigenvalue weighted by atomic mass is 10.2. The maximum atomic E-state index is 12.3. The second-order valence-electron chi connectivity index (χ2n) is 4.43. The summed E-state index contributed by atoms with van der Waals surface area (Å²) in [6.07, 6.45) is 5.45. The Morgan fingerprint density at radius 1 is 1.35 bits per heavy atom. The summed E-state index contributed by atoms with van der Waals surface area (Å²) < 4.78 is 29.0. The molecular weight excluding hydrogens is 306 g/mol. The van der Waals surface area contributed by atoms with Crippen molar-refractivity contribution in [1.29, 1.82) is 0 Å². The fourth-order valence-corrected chi connectivity index (χ4v) is 1.84. The molecule has 0 aliphatic carbocycles. The van der Waals surface area contributed by atoms with E-state index >= 15 is 0 Å². The molecule has 0 saturated carbocycles. The average Bonchev–Trinajstić information content (AvgIpc) is 2.54. The van der Waals surface area contributed by atoms with Crippen LogP contribution in [0.4, 0.5) is 14.5 Å². The standard InChI is InChI=1S/C16H14F2N2O3/c17-16(18)23-14-4-2-1-3-11(14)5-6-15(22)20-13-9-19-8-7-12(13)10-21/h1-9,16,21H,10H2,(H,20,22)/b6-5+. The molecule has 0 spiro atoms. The van der Waals surface area contributed by atoms with E-state index in [4.69, 9.17) is 0 Å². The van der Waals surface area contributed by atoms with Crippen molar-refractivity contribution in [2.75, 3.05) is 5.32 Å². The molecule has 2 aromatic rings. The molecule has 1 amide bonds. The number of carbonyl (C=O) groups excluding carboxylic acids is 1. The number of hydrogen-bond acceptors (Lipinski definition) is 4. The van der Waals surface area contributed by atoms with Crippen LogP contribution < -0.4 is 10.1 Å². The first-order chi connectivity index (χ1) is 11.1. The highest BCUT2D eigenvalue weighted by atomic mass is 19.3. The van der Waals surface area contributed by atoms with E-state index in [1.54, 1.807) is 24.3 Å². The molecule has 0 aliphatic rings. The van der Waals surface area contributed by atoms with Gasteiger partial charge < -0.3 is 15.2 Å². The SMILES string of the molecule is O=C(/C=C/c1ccccc1OC(F)F)Nc1cnccc1CO. The van der Waals surface area contributed by atoms with Gasteiger partial charge in [-0.15, -0.1) is 0 Å². The number of hydrogen-bond donors (Lipinski definition) is 2. The largest absolute Gasteiger partial charge is 0.434 e. The summed E-state index contributed by atoms with van der Waals surface area (Å²) in [6.45, 7) is -3.19. The zero-order chi connectivity index (χ0) is 16.7. The topological polar surface area (TPSA) is 71.5 Å². The van der Waals surface area contributed by atoms with Gasteiger partial charge in [-0.3, -0.25) is 9.78 Å². The van der Waals surface area contributed by atoms with Gasteiger partial charge >= 0.3 is 6.61 Å². The summed E-state index contributed by atoms with van der Waals surface area (Å²) in [4.78, 5) is 15.7. The molecule has 23 heavy (non-hydrogen) atoms. The van der Waals surface area contributed by atoms with Crippen molar-refractivity contribution in [3.05, 3.63) is 59.9 Å². The number of amides is 1. The van der Waals surface area contributed by atoms with E-state index in [0.717, 1.165) is 0 Å². The molecule has 0 aliphatic heterocycles. The third kappa shape index (κ3) is 4.86. The van der Waals surface area contributed by atoms with Crippen molar-refractivity contribution >= 4 is 17.7 Å². The Morgan fingerprint density at radius 2 is 2.13 bits per heavy atom. The number of ether oxygens (including phenoxy) is 1. The zero-order valence-electron chi connectivity index (χ0n) is 11.9. The highest BCUT2D eigenvalue weighted by Crippen LogP contribution is 2.21. The molecule has 0 bridgehead atoms. The Bertz CT molecular complexity index is 705. The highest BCUT2D eigenvalue weighted by molar-refractivity contribution is 6.02. The summed E-state index contributed by atoms with van der Waals surface area (Å²) >= 11 is 0. The second-order valence-corrected chi connectivity index (χ2v) is 4.43. The molecule has 0 atom stereocenters. The van der Waals surface area contributed by atoms with Crippen LogP contribution in [0.5, 0.6) is 5.75 Å². The lowest BCUT2D eigenvalue weighted by molar-refractivity contribution is -0.111. The molecule has 1 aromatic carbocycles. The minimum atomic E-state index is -2.94. The fraction of sp³-hybridized carbons (Fsp3) is 0.125. The van der Waals surface area contributed by atoms with Gasteiger partial charge in [0.25, 0.3) is 0 Å². The number of anilines is 1. The van der Waals surface area contributed by atoms with Crippen LogP contribution in [0.3, 0.4) is 0 Å². The summed E-state index contributed by atoms with van der Waals surface area (Å²) in [5.74, 6) is -0.511. The van der Waals surface area contributed by atoms with Gasteiger partial charge in [0.1, 0.15) is 5.75 Å². The predicted octanol–water partition coefficient (Wildman–Crippen LogP) is 2.83. The van der Waals surface area contributed by atoms with Crippen LogP contribution in [-0.4, -0.2) is 22.6 Å². The molecule has 2 N–H and O–H groups in total. The number of aromatic nitrogens is 1. The van der Waals surface area contributed by atoms with Crippen molar-refractivity contribution in [3.8, 4) is 5.75 Å². The Hall–Kier alpha value is -2.80. The summed E-state index contributed by atoms with van der Waals surface area (Å²) in [7, 11) is 0. The van der Waals surface area contributed by atoms with Crippen LogP contribution in [0, 0.1) is 0 Å². The maximum Gasteiger partial charge on any atom is 0.387 e. The first-order valence-corrected chi connectivity index (χ1v) is 6.67. The van der Waals surface area contributed by atoms with Crippen LogP contribution in [0.1, 0.15) is 11.1 Å². The van der Waals surface area contributed by atoms with Gasteiger partial charge in [-0.1, -0.05) is 18.2 Å². The Balaban J connectivity index is 2.10. The minimum absolute atomic E-state index is 0.0241. The number of nitrogens with zero attached hydrogens (tertiary/aromatic N) is 1. The molecule has 1 aromatic heterocycles. The van der Waals surface area contributed by atoms with Gasteiger partial charge in [0.15, 0.2) is 0 Å². The summed E-state index contributed by atoms with van der Waals surface area (Å²) in [5, 5.41) is 11.7. The molecular formula is C16H14F2N2O3. The molecule has 0 fully saturated rings. The van der Waals surface area contributed by atoms with E-state index < -0.39 is 12.5 Å². The van der Waals surface area contributed by atoms with Crippen LogP contribution in [0.2, 0.25) is 0 Å². The minimum Gasteiger partial charge on any atom is -0.434 e. The Kier molecular flexibility index (Phi) is 5.76. The summed E-state index contributed by atoms with van der Waals surface area (Å²) in [6, 6.07) is 7.70. The van der Waals surface area contributed by atoms with Crippen LogP contribution in [0.25, 0.3) is 6.08 Å². The number of aliphatic hydroxyl groups excluding tert-OH is 1. The number of halogens is 2. The van der Waals surface area contributed by atoms with E-state index in [1.165, 1.54) is 30.6 Å². The third-order valence-corrected chi connectivity index (χ3v) is 2.89. The molecule has 2 rings (SSSR count). The van der Waals surface area contributed by atoms with Crippen molar-refractivity contribution in [2.45, 2.75) is 13.2 Å². The molecule has 5 nitrogen and oxygen atoms in total. The number of aliphatic hydroxyl groups is 1. The van der Waals surface area contributed by atoms with Gasteiger partial charge in [0.05, 0.1) is 18.5 Å². The van der Waals surface area contributed by atoms with E-state index in [1.807, 2.05) is 0 Å². The van der Waals surface area contributed by atoms with Crippen LogP contribution in [0.15, 0.2) is 48.8 Å². The lowest BCUT2D eigenvalue weighted by Crippen LogP contribution is -2.10. The van der Waals surface area contributed by atoms with Crippen LogP contribution >= 0.6 is 0 Å². The smallest absolute Gasteiger partial charge is 0.387 e. The molecule has 120 valence electrons. The number of rotatable bonds is 6. The first kappa shape index (κ1) is 16.6. The average molecular weight is 320 g/mol. The summed E-state index contributed by atoms with van der Waals surface area (Å²) in [5.41, 5.74) is 1.24. The van der Waals surface area contributed by atoms with Crippen molar-refractivity contribution in [3.63, 3.8) is 0 Å². The molecule has 7 heteroatoms. The van der Waals surface area contributed by atoms with Gasteiger partial charge in [-0.25, -0.2) is 0 Å². The molecule has 0 radical (unpaired) electrons. The van der Waals surface area contributed by atoms with Gasteiger partial charge in [0, 0.05) is 23.4 Å². The quantitative estimate of drug-likeness (QED) is 0.803. The fourth-order valence-electron chi connectivity index (χ4n) is 1.84. The van der Waals surface area contributed by atoms with E-state index in [-0.39, 0.29) is 12.4 Å². The highest BCUT2D eigenvalue weighted by Gasteiger charge is 2.08. The monoisotopic (exact) mass is 320 g/mol. The predicted molar refractivity (Wildman–Crippen MR) is 80.9 cm³/mol. The number of pyridine rings is 1. The second kappa shape index (κ2) is 8.00. The zero-order valence-corrected chi connectivity index (χ0v) is 11.9.